The third kappa shape index (κ3) is 6.43. The van der Waals surface area contributed by atoms with Gasteiger partial charge in [0.25, 0.3) is 0 Å². The zero-order valence-electron chi connectivity index (χ0n) is 14.5. The Morgan fingerprint density at radius 1 is 1.16 bits per heavy atom. The van der Waals surface area contributed by atoms with Crippen LogP contribution in [0.25, 0.3) is 0 Å². The van der Waals surface area contributed by atoms with Gasteiger partial charge in [0.15, 0.2) is 16.6 Å². The van der Waals surface area contributed by atoms with Crippen LogP contribution in [0.1, 0.15) is 25.3 Å². The van der Waals surface area contributed by atoms with Gasteiger partial charge in [-0.25, -0.2) is 0 Å². The number of ether oxygens (including phenoxy) is 2. The molecule has 0 spiro atoms. The Morgan fingerprint density at radius 2 is 1.96 bits per heavy atom. The predicted octanol–water partition coefficient (Wildman–Crippen LogP) is 4.19. The van der Waals surface area contributed by atoms with Crippen LogP contribution in [0.5, 0.6) is 11.5 Å². The fourth-order valence-electron chi connectivity index (χ4n) is 2.06. The summed E-state index contributed by atoms with van der Waals surface area (Å²) in [5.41, 5.74) is 4.58. The molecule has 0 amide bonds. The van der Waals surface area contributed by atoms with Crippen LogP contribution < -0.4 is 20.2 Å². The molecule has 0 aliphatic carbocycles. The maximum Gasteiger partial charge on any atom is 0.191 e. The molecule has 6 heteroatoms. The standard InChI is InChI=1S/C19H23N3O2S/c1-3-4-12-24-17-11-10-15(13-18(17)23-2)14-20-22-19(25)21-16-8-6-5-7-9-16/h5-11,13-14H,3-4,12H2,1-2H3,(H2,21,22,25). The molecule has 0 aromatic heterocycles. The van der Waals surface area contributed by atoms with E-state index in [0.717, 1.165) is 29.8 Å². The molecule has 0 saturated heterocycles. The van der Waals surface area contributed by atoms with E-state index in [9.17, 15) is 0 Å². The van der Waals surface area contributed by atoms with E-state index >= 15 is 0 Å². The highest BCUT2D eigenvalue weighted by Gasteiger charge is 2.04. The third-order valence-corrected chi connectivity index (χ3v) is 3.55. The molecule has 25 heavy (non-hydrogen) atoms. The first-order chi connectivity index (χ1) is 12.2. The van der Waals surface area contributed by atoms with Crippen molar-refractivity contribution in [3.8, 4) is 11.5 Å². The Kier molecular flexibility index (Phi) is 7.72. The van der Waals surface area contributed by atoms with E-state index in [1.165, 1.54) is 0 Å². The Morgan fingerprint density at radius 3 is 2.68 bits per heavy atom. The zero-order valence-corrected chi connectivity index (χ0v) is 15.3. The van der Waals surface area contributed by atoms with Gasteiger partial charge in [0.2, 0.25) is 0 Å². The van der Waals surface area contributed by atoms with Crippen molar-refractivity contribution >= 4 is 29.2 Å². The first-order valence-corrected chi connectivity index (χ1v) is 8.59. The Bertz CT molecular complexity index is 705. The predicted molar refractivity (Wildman–Crippen MR) is 107 cm³/mol. The molecule has 2 aromatic rings. The number of hydrogen-bond acceptors (Lipinski definition) is 4. The highest BCUT2D eigenvalue weighted by molar-refractivity contribution is 7.80. The fourth-order valence-corrected chi connectivity index (χ4v) is 2.23. The molecule has 0 aliphatic heterocycles. The molecule has 0 radical (unpaired) electrons. The number of hydrogen-bond donors (Lipinski definition) is 2. The number of anilines is 1. The summed E-state index contributed by atoms with van der Waals surface area (Å²) in [6.07, 6.45) is 3.79. The van der Waals surface area contributed by atoms with E-state index < -0.39 is 0 Å². The third-order valence-electron chi connectivity index (χ3n) is 3.35. The average Bonchev–Trinajstić information content (AvgIpc) is 2.63. The quantitative estimate of drug-likeness (QED) is 0.321. The number of hydrazone groups is 1. The largest absolute Gasteiger partial charge is 0.493 e. The lowest BCUT2D eigenvalue weighted by atomic mass is 10.2. The van der Waals surface area contributed by atoms with Crippen molar-refractivity contribution in [2.45, 2.75) is 19.8 Å². The van der Waals surface area contributed by atoms with Gasteiger partial charge in [-0.1, -0.05) is 31.5 Å². The lowest BCUT2D eigenvalue weighted by molar-refractivity contribution is 0.288. The molecule has 0 unspecified atom stereocenters. The molecule has 0 fully saturated rings. The van der Waals surface area contributed by atoms with Crippen LogP contribution in [-0.2, 0) is 0 Å². The van der Waals surface area contributed by atoms with Gasteiger partial charge in [-0.05, 0) is 54.5 Å². The molecule has 2 rings (SSSR count). The van der Waals surface area contributed by atoms with E-state index in [0.29, 0.717) is 17.5 Å². The summed E-state index contributed by atoms with van der Waals surface area (Å²) < 4.78 is 11.1. The summed E-state index contributed by atoms with van der Waals surface area (Å²) >= 11 is 5.20. The monoisotopic (exact) mass is 357 g/mol. The fraction of sp³-hybridized carbons (Fsp3) is 0.263. The van der Waals surface area contributed by atoms with Crippen LogP contribution in [0.4, 0.5) is 5.69 Å². The van der Waals surface area contributed by atoms with Gasteiger partial charge < -0.3 is 14.8 Å². The van der Waals surface area contributed by atoms with Crippen LogP contribution in [0.2, 0.25) is 0 Å². The Hall–Kier alpha value is -2.60. The normalized spacial score (nSPS) is 10.5. The van der Waals surface area contributed by atoms with Gasteiger partial charge in [0, 0.05) is 5.69 Å². The van der Waals surface area contributed by atoms with Crippen LogP contribution >= 0.6 is 12.2 Å². The number of nitrogens with zero attached hydrogens (tertiary/aromatic N) is 1. The highest BCUT2D eigenvalue weighted by Crippen LogP contribution is 2.27. The first-order valence-electron chi connectivity index (χ1n) is 8.19. The minimum Gasteiger partial charge on any atom is -0.493 e. The molecular weight excluding hydrogens is 334 g/mol. The summed E-state index contributed by atoms with van der Waals surface area (Å²) in [5, 5.41) is 7.62. The highest BCUT2D eigenvalue weighted by atomic mass is 32.1. The number of rotatable bonds is 8. The van der Waals surface area contributed by atoms with Gasteiger partial charge in [0.05, 0.1) is 19.9 Å². The Balaban J connectivity index is 1.90. The summed E-state index contributed by atoms with van der Waals surface area (Å²) in [5.74, 6) is 1.42. The molecule has 0 heterocycles. The molecule has 0 aliphatic rings. The van der Waals surface area contributed by atoms with Crippen molar-refractivity contribution in [3.05, 3.63) is 54.1 Å². The second-order valence-electron chi connectivity index (χ2n) is 5.30. The van der Waals surface area contributed by atoms with E-state index in [2.05, 4.69) is 22.8 Å². The van der Waals surface area contributed by atoms with Crippen molar-refractivity contribution in [3.63, 3.8) is 0 Å². The molecule has 0 atom stereocenters. The maximum atomic E-state index is 5.72. The van der Waals surface area contributed by atoms with Crippen LogP contribution in [0.3, 0.4) is 0 Å². The van der Waals surface area contributed by atoms with E-state index in [1.807, 2.05) is 48.5 Å². The van der Waals surface area contributed by atoms with Gasteiger partial charge in [-0.3, -0.25) is 5.43 Å². The van der Waals surface area contributed by atoms with E-state index in [-0.39, 0.29) is 0 Å². The van der Waals surface area contributed by atoms with Gasteiger partial charge in [-0.15, -0.1) is 0 Å². The zero-order chi connectivity index (χ0) is 17.9. The van der Waals surface area contributed by atoms with Crippen molar-refractivity contribution in [1.82, 2.24) is 5.43 Å². The molecule has 2 N–H and O–H groups in total. The molecule has 0 saturated carbocycles. The molecule has 132 valence electrons. The maximum absolute atomic E-state index is 5.72. The summed E-state index contributed by atoms with van der Waals surface area (Å²) in [6.45, 7) is 2.81. The molecule has 0 bridgehead atoms. The van der Waals surface area contributed by atoms with Crippen molar-refractivity contribution in [1.29, 1.82) is 0 Å². The first kappa shape index (κ1) is 18.7. The van der Waals surface area contributed by atoms with Gasteiger partial charge in [-0.2, -0.15) is 5.10 Å². The van der Waals surface area contributed by atoms with Crippen molar-refractivity contribution < 1.29 is 9.47 Å². The van der Waals surface area contributed by atoms with Crippen molar-refractivity contribution in [2.75, 3.05) is 19.0 Å². The number of unbranched alkanes of at least 4 members (excludes halogenated alkanes) is 1. The SMILES string of the molecule is CCCCOc1ccc(C=NNC(=S)Nc2ccccc2)cc1OC. The van der Waals surface area contributed by atoms with Gasteiger partial charge in [0.1, 0.15) is 0 Å². The van der Waals surface area contributed by atoms with Crippen LogP contribution in [0.15, 0.2) is 53.6 Å². The average molecular weight is 357 g/mol. The molecule has 2 aromatic carbocycles. The molecular formula is C19H23N3O2S. The second kappa shape index (κ2) is 10.3. The lowest BCUT2D eigenvalue weighted by Gasteiger charge is -2.11. The van der Waals surface area contributed by atoms with E-state index in [1.54, 1.807) is 13.3 Å². The second-order valence-corrected chi connectivity index (χ2v) is 5.71. The minimum absolute atomic E-state index is 0.425. The van der Waals surface area contributed by atoms with Crippen LogP contribution in [-0.4, -0.2) is 25.0 Å². The van der Waals surface area contributed by atoms with Crippen LogP contribution in [0, 0.1) is 0 Å². The van der Waals surface area contributed by atoms with Gasteiger partial charge >= 0.3 is 0 Å². The lowest BCUT2D eigenvalue weighted by Crippen LogP contribution is -2.23. The summed E-state index contributed by atoms with van der Waals surface area (Å²) in [4.78, 5) is 0. The molecule has 5 nitrogen and oxygen atoms in total. The number of methoxy groups -OCH3 is 1. The summed E-state index contributed by atoms with van der Waals surface area (Å²) in [7, 11) is 1.63. The smallest absolute Gasteiger partial charge is 0.191 e. The summed E-state index contributed by atoms with van der Waals surface area (Å²) in [6, 6.07) is 15.4. The minimum atomic E-state index is 0.425. The van der Waals surface area contributed by atoms with Crippen molar-refractivity contribution in [2.24, 2.45) is 5.10 Å². The number of nitrogens with one attached hydrogen (secondary N) is 2. The topological polar surface area (TPSA) is 54.9 Å². The number of benzene rings is 2. The number of thiocarbonyl (C=S) groups is 1. The Labute approximate surface area is 154 Å². The van der Waals surface area contributed by atoms with E-state index in [4.69, 9.17) is 21.7 Å². The number of para-hydroxylation sites is 1.